The standard InChI is InChI=1S/C14H21NO3/c1-11(2)18-13-8-5-4-7-12(13)15-10-6-9-14(16)17-3/h4-5,7-8,11,15H,6,9-10H2,1-3H3. The van der Waals surface area contributed by atoms with Crippen molar-refractivity contribution in [3.8, 4) is 5.75 Å². The molecule has 0 aromatic heterocycles. The first-order valence-corrected chi connectivity index (χ1v) is 6.20. The molecule has 0 radical (unpaired) electrons. The maximum absolute atomic E-state index is 11.0. The molecule has 0 amide bonds. The first-order valence-electron chi connectivity index (χ1n) is 6.20. The molecule has 1 aromatic carbocycles. The molecule has 0 spiro atoms. The van der Waals surface area contributed by atoms with E-state index in [9.17, 15) is 4.79 Å². The summed E-state index contributed by atoms with van der Waals surface area (Å²) in [7, 11) is 1.40. The van der Waals surface area contributed by atoms with Crippen LogP contribution in [0.5, 0.6) is 5.75 Å². The zero-order valence-corrected chi connectivity index (χ0v) is 11.2. The molecular weight excluding hydrogens is 230 g/mol. The van der Waals surface area contributed by atoms with Crippen LogP contribution in [-0.4, -0.2) is 25.7 Å². The fourth-order valence-corrected chi connectivity index (χ4v) is 1.53. The molecule has 0 unspecified atom stereocenters. The molecule has 4 nitrogen and oxygen atoms in total. The lowest BCUT2D eigenvalue weighted by molar-refractivity contribution is -0.140. The van der Waals surface area contributed by atoms with Crippen molar-refractivity contribution in [2.45, 2.75) is 32.8 Å². The van der Waals surface area contributed by atoms with Crippen molar-refractivity contribution in [1.82, 2.24) is 0 Å². The van der Waals surface area contributed by atoms with Crippen LogP contribution >= 0.6 is 0 Å². The van der Waals surface area contributed by atoms with Gasteiger partial charge >= 0.3 is 5.97 Å². The molecule has 1 N–H and O–H groups in total. The smallest absolute Gasteiger partial charge is 0.305 e. The Hall–Kier alpha value is -1.71. The predicted molar refractivity (Wildman–Crippen MR) is 71.9 cm³/mol. The number of hydrogen-bond donors (Lipinski definition) is 1. The number of carbonyl (C=O) groups is 1. The number of nitrogens with one attached hydrogen (secondary N) is 1. The molecule has 0 aliphatic heterocycles. The quantitative estimate of drug-likeness (QED) is 0.598. The van der Waals surface area contributed by atoms with Crippen LogP contribution in [0.2, 0.25) is 0 Å². The largest absolute Gasteiger partial charge is 0.489 e. The summed E-state index contributed by atoms with van der Waals surface area (Å²) in [4.78, 5) is 11.0. The van der Waals surface area contributed by atoms with Crippen LogP contribution in [0, 0.1) is 0 Å². The van der Waals surface area contributed by atoms with Crippen LogP contribution in [-0.2, 0) is 9.53 Å². The summed E-state index contributed by atoms with van der Waals surface area (Å²) in [5, 5.41) is 3.27. The van der Waals surface area contributed by atoms with Crippen LogP contribution in [0.25, 0.3) is 0 Å². The fourth-order valence-electron chi connectivity index (χ4n) is 1.53. The van der Waals surface area contributed by atoms with Crippen molar-refractivity contribution >= 4 is 11.7 Å². The van der Waals surface area contributed by atoms with Gasteiger partial charge in [-0.2, -0.15) is 0 Å². The van der Waals surface area contributed by atoms with Crippen LogP contribution in [0.3, 0.4) is 0 Å². The van der Waals surface area contributed by atoms with Crippen LogP contribution in [0.1, 0.15) is 26.7 Å². The molecule has 0 saturated carbocycles. The zero-order chi connectivity index (χ0) is 13.4. The molecule has 0 fully saturated rings. The molecule has 1 rings (SSSR count). The normalized spacial score (nSPS) is 10.2. The number of carbonyl (C=O) groups excluding carboxylic acids is 1. The van der Waals surface area contributed by atoms with Gasteiger partial charge in [-0.3, -0.25) is 4.79 Å². The van der Waals surface area contributed by atoms with E-state index in [-0.39, 0.29) is 12.1 Å². The number of esters is 1. The lowest BCUT2D eigenvalue weighted by Crippen LogP contribution is -2.10. The van der Waals surface area contributed by atoms with Crippen molar-refractivity contribution in [3.05, 3.63) is 24.3 Å². The molecule has 100 valence electrons. The molecule has 4 heteroatoms. The van der Waals surface area contributed by atoms with E-state index < -0.39 is 0 Å². The van der Waals surface area contributed by atoms with Crippen molar-refractivity contribution in [3.63, 3.8) is 0 Å². The summed E-state index contributed by atoms with van der Waals surface area (Å²) in [5.41, 5.74) is 0.955. The Morgan fingerprint density at radius 2 is 2.06 bits per heavy atom. The predicted octanol–water partition coefficient (Wildman–Crippen LogP) is 2.84. The van der Waals surface area contributed by atoms with Crippen molar-refractivity contribution in [1.29, 1.82) is 0 Å². The van der Waals surface area contributed by atoms with Gasteiger partial charge in [-0.05, 0) is 32.4 Å². The molecule has 0 heterocycles. The van der Waals surface area contributed by atoms with Gasteiger partial charge in [0.15, 0.2) is 0 Å². The highest BCUT2D eigenvalue weighted by Crippen LogP contribution is 2.24. The fraction of sp³-hybridized carbons (Fsp3) is 0.500. The second-order valence-electron chi connectivity index (χ2n) is 4.27. The highest BCUT2D eigenvalue weighted by atomic mass is 16.5. The summed E-state index contributed by atoms with van der Waals surface area (Å²) >= 11 is 0. The molecule has 1 aromatic rings. The summed E-state index contributed by atoms with van der Waals surface area (Å²) in [6, 6.07) is 7.80. The number of rotatable bonds is 7. The first kappa shape index (κ1) is 14.4. The lowest BCUT2D eigenvalue weighted by Gasteiger charge is -2.15. The summed E-state index contributed by atoms with van der Waals surface area (Å²) in [6.45, 7) is 4.70. The Morgan fingerprint density at radius 3 is 2.72 bits per heavy atom. The maximum atomic E-state index is 11.0. The first-order chi connectivity index (χ1) is 8.63. The number of para-hydroxylation sites is 2. The average molecular weight is 251 g/mol. The van der Waals surface area contributed by atoms with Crippen molar-refractivity contribution < 1.29 is 14.3 Å². The third-order valence-corrected chi connectivity index (χ3v) is 2.35. The van der Waals surface area contributed by atoms with Gasteiger partial charge in [-0.1, -0.05) is 12.1 Å². The van der Waals surface area contributed by atoms with Gasteiger partial charge in [0.2, 0.25) is 0 Å². The molecule has 0 aliphatic rings. The van der Waals surface area contributed by atoms with Crippen LogP contribution in [0.15, 0.2) is 24.3 Å². The Labute approximate surface area is 108 Å². The lowest BCUT2D eigenvalue weighted by atomic mass is 10.2. The minimum atomic E-state index is -0.177. The topological polar surface area (TPSA) is 47.6 Å². The van der Waals surface area contributed by atoms with Gasteiger partial charge in [-0.15, -0.1) is 0 Å². The molecule has 18 heavy (non-hydrogen) atoms. The van der Waals surface area contributed by atoms with Crippen molar-refractivity contribution in [2.75, 3.05) is 19.0 Å². The SMILES string of the molecule is COC(=O)CCCNc1ccccc1OC(C)C. The van der Waals surface area contributed by atoms with Gasteiger partial charge in [0.25, 0.3) is 0 Å². The van der Waals surface area contributed by atoms with Crippen molar-refractivity contribution in [2.24, 2.45) is 0 Å². The number of anilines is 1. The summed E-state index contributed by atoms with van der Waals surface area (Å²) in [5.74, 6) is 0.661. The number of hydrogen-bond acceptors (Lipinski definition) is 4. The second-order valence-corrected chi connectivity index (χ2v) is 4.27. The molecule has 0 saturated heterocycles. The molecular formula is C14H21NO3. The highest BCUT2D eigenvalue weighted by Gasteiger charge is 2.05. The molecule has 0 bridgehead atoms. The highest BCUT2D eigenvalue weighted by molar-refractivity contribution is 5.69. The van der Waals surface area contributed by atoms with E-state index in [0.29, 0.717) is 13.0 Å². The van der Waals surface area contributed by atoms with E-state index in [0.717, 1.165) is 17.9 Å². The zero-order valence-electron chi connectivity index (χ0n) is 11.2. The second kappa shape index (κ2) is 7.58. The number of ether oxygens (including phenoxy) is 2. The minimum Gasteiger partial charge on any atom is -0.489 e. The average Bonchev–Trinajstić information content (AvgIpc) is 2.35. The van der Waals surface area contributed by atoms with E-state index in [2.05, 4.69) is 10.1 Å². The van der Waals surface area contributed by atoms with Crippen LogP contribution < -0.4 is 10.1 Å². The van der Waals surface area contributed by atoms with E-state index in [1.165, 1.54) is 7.11 Å². The maximum Gasteiger partial charge on any atom is 0.305 e. The van der Waals surface area contributed by atoms with Gasteiger partial charge in [0.1, 0.15) is 5.75 Å². The number of benzene rings is 1. The molecule has 0 atom stereocenters. The Morgan fingerprint density at radius 1 is 1.33 bits per heavy atom. The minimum absolute atomic E-state index is 0.142. The van der Waals surface area contributed by atoms with E-state index in [1.54, 1.807) is 0 Å². The third kappa shape index (κ3) is 5.08. The Bertz CT molecular complexity index is 377. The summed E-state index contributed by atoms with van der Waals surface area (Å²) < 4.78 is 10.3. The molecule has 0 aliphatic carbocycles. The third-order valence-electron chi connectivity index (χ3n) is 2.35. The number of methoxy groups -OCH3 is 1. The van der Waals surface area contributed by atoms with Gasteiger partial charge in [0.05, 0.1) is 18.9 Å². The summed E-state index contributed by atoms with van der Waals surface area (Å²) in [6.07, 6.45) is 1.31. The van der Waals surface area contributed by atoms with E-state index in [1.807, 2.05) is 38.1 Å². The van der Waals surface area contributed by atoms with E-state index >= 15 is 0 Å². The monoisotopic (exact) mass is 251 g/mol. The van der Waals surface area contributed by atoms with Crippen LogP contribution in [0.4, 0.5) is 5.69 Å². The van der Waals surface area contributed by atoms with Gasteiger partial charge in [-0.25, -0.2) is 0 Å². The van der Waals surface area contributed by atoms with Gasteiger partial charge in [0, 0.05) is 13.0 Å². The van der Waals surface area contributed by atoms with Gasteiger partial charge < -0.3 is 14.8 Å². The van der Waals surface area contributed by atoms with E-state index in [4.69, 9.17) is 4.74 Å². The Kier molecular flexibility index (Phi) is 6.05. The Balaban J connectivity index is 2.43.